The van der Waals surface area contributed by atoms with Crippen LogP contribution in [0.2, 0.25) is 0 Å². The van der Waals surface area contributed by atoms with Crippen LogP contribution >= 0.6 is 0 Å². The summed E-state index contributed by atoms with van der Waals surface area (Å²) in [6.07, 6.45) is 4.87. The zero-order valence-corrected chi connectivity index (χ0v) is 20.7. The average molecular weight is 430 g/mol. The second-order valence-corrected chi connectivity index (χ2v) is 9.33. The molecule has 0 radical (unpaired) electrons. The van der Waals surface area contributed by atoms with Crippen molar-refractivity contribution in [2.24, 2.45) is 17.8 Å². The molecule has 3 fully saturated rings. The van der Waals surface area contributed by atoms with Gasteiger partial charge in [0.05, 0.1) is 24.9 Å². The highest BCUT2D eigenvalue weighted by Gasteiger charge is 2.15. The molecule has 3 aliphatic heterocycles. The zero-order valence-electron chi connectivity index (χ0n) is 20.7. The van der Waals surface area contributed by atoms with Crippen molar-refractivity contribution in [1.29, 1.82) is 0 Å². The molecule has 0 aromatic carbocycles. The molecule has 0 aromatic rings. The molecule has 0 amide bonds. The van der Waals surface area contributed by atoms with Crippen molar-refractivity contribution in [2.75, 3.05) is 59.1 Å². The average Bonchev–Trinajstić information content (AvgIpc) is 2.85. The van der Waals surface area contributed by atoms with Crippen LogP contribution in [-0.2, 0) is 14.2 Å². The minimum absolute atomic E-state index is 0.417. The third-order valence-electron chi connectivity index (χ3n) is 6.47. The Morgan fingerprint density at radius 2 is 0.867 bits per heavy atom. The lowest BCUT2D eigenvalue weighted by atomic mass is 10.1. The van der Waals surface area contributed by atoms with Gasteiger partial charge in [0.1, 0.15) is 0 Å². The first-order valence-electron chi connectivity index (χ1n) is 12.4. The van der Waals surface area contributed by atoms with Crippen LogP contribution in [0.15, 0.2) is 0 Å². The predicted octanol–water partition coefficient (Wildman–Crippen LogP) is 3.06. The minimum atomic E-state index is 0.417. The van der Waals surface area contributed by atoms with E-state index in [9.17, 15) is 0 Å². The van der Waals surface area contributed by atoms with Crippen LogP contribution in [0, 0.1) is 17.8 Å². The lowest BCUT2D eigenvalue weighted by Crippen LogP contribution is -2.33. The Bertz CT molecular complexity index is 366. The maximum absolute atomic E-state index is 5.64. The van der Waals surface area contributed by atoms with Gasteiger partial charge < -0.3 is 30.2 Å². The van der Waals surface area contributed by atoms with E-state index < -0.39 is 0 Å². The first kappa shape index (κ1) is 27.8. The third-order valence-corrected chi connectivity index (χ3v) is 6.47. The molecule has 6 nitrogen and oxygen atoms in total. The Labute approximate surface area is 186 Å². The molecule has 0 aromatic heterocycles. The number of hydrogen-bond donors (Lipinski definition) is 3. The Balaban J connectivity index is 0.000000226. The van der Waals surface area contributed by atoms with Gasteiger partial charge in [0.25, 0.3) is 0 Å². The van der Waals surface area contributed by atoms with Gasteiger partial charge in [0.15, 0.2) is 0 Å². The van der Waals surface area contributed by atoms with E-state index in [1.165, 1.54) is 12.8 Å². The Morgan fingerprint density at radius 1 is 0.467 bits per heavy atom. The first-order valence-corrected chi connectivity index (χ1v) is 12.4. The maximum atomic E-state index is 5.64. The van der Waals surface area contributed by atoms with Crippen molar-refractivity contribution in [3.63, 3.8) is 0 Å². The second kappa shape index (κ2) is 17.3. The Kier molecular flexibility index (Phi) is 16.1. The van der Waals surface area contributed by atoms with Crippen molar-refractivity contribution in [1.82, 2.24) is 16.0 Å². The van der Waals surface area contributed by atoms with Crippen molar-refractivity contribution < 1.29 is 14.2 Å². The molecule has 0 spiro atoms. The molecule has 180 valence electrons. The largest absolute Gasteiger partial charge is 0.378 e. The molecule has 3 N–H and O–H groups in total. The van der Waals surface area contributed by atoms with Gasteiger partial charge >= 0.3 is 0 Å². The summed E-state index contributed by atoms with van der Waals surface area (Å²) in [5, 5.41) is 10.1. The van der Waals surface area contributed by atoms with Crippen LogP contribution in [-0.4, -0.2) is 77.4 Å². The molecule has 0 saturated carbocycles. The summed E-state index contributed by atoms with van der Waals surface area (Å²) >= 11 is 0. The quantitative estimate of drug-likeness (QED) is 0.550. The molecule has 3 aliphatic rings. The van der Waals surface area contributed by atoms with Crippen molar-refractivity contribution in [2.45, 2.75) is 79.1 Å². The van der Waals surface area contributed by atoms with Crippen molar-refractivity contribution in [3.8, 4) is 0 Å². The van der Waals surface area contributed by atoms with E-state index in [1.54, 1.807) is 0 Å². The highest BCUT2D eigenvalue weighted by atomic mass is 16.5. The highest BCUT2D eigenvalue weighted by molar-refractivity contribution is 4.68. The molecule has 30 heavy (non-hydrogen) atoms. The van der Waals surface area contributed by atoms with Crippen LogP contribution in [0.1, 0.15) is 60.8 Å². The first-order chi connectivity index (χ1) is 14.4. The molecular formula is C24H51N3O3. The van der Waals surface area contributed by atoms with Gasteiger partial charge in [0, 0.05) is 39.4 Å². The fourth-order valence-electron chi connectivity index (χ4n) is 3.38. The number of nitrogens with one attached hydrogen (secondary N) is 3. The molecular weight excluding hydrogens is 378 g/mol. The van der Waals surface area contributed by atoms with Gasteiger partial charge in [-0.1, -0.05) is 20.8 Å². The van der Waals surface area contributed by atoms with Gasteiger partial charge in [-0.05, 0) is 70.9 Å². The molecule has 6 heteroatoms. The fourth-order valence-corrected chi connectivity index (χ4v) is 3.38. The third kappa shape index (κ3) is 13.2. The molecule has 6 atom stereocenters. The van der Waals surface area contributed by atoms with E-state index in [2.05, 4.69) is 57.5 Å². The van der Waals surface area contributed by atoms with Crippen LogP contribution in [0.3, 0.4) is 0 Å². The van der Waals surface area contributed by atoms with Crippen LogP contribution in [0.25, 0.3) is 0 Å². The zero-order chi connectivity index (χ0) is 22.2. The van der Waals surface area contributed by atoms with Crippen molar-refractivity contribution in [3.05, 3.63) is 0 Å². The molecule has 3 heterocycles. The van der Waals surface area contributed by atoms with Gasteiger partial charge in [-0.15, -0.1) is 0 Å². The maximum Gasteiger partial charge on any atom is 0.0594 e. The Hall–Kier alpha value is -0.240. The monoisotopic (exact) mass is 429 g/mol. The van der Waals surface area contributed by atoms with E-state index in [4.69, 9.17) is 14.2 Å². The topological polar surface area (TPSA) is 63.8 Å². The summed E-state index contributed by atoms with van der Waals surface area (Å²) in [5.74, 6) is 1.96. The van der Waals surface area contributed by atoms with Gasteiger partial charge in [-0.3, -0.25) is 0 Å². The van der Waals surface area contributed by atoms with Crippen LogP contribution < -0.4 is 16.0 Å². The Morgan fingerprint density at radius 3 is 1.40 bits per heavy atom. The molecule has 3 saturated heterocycles. The van der Waals surface area contributed by atoms with E-state index in [0.29, 0.717) is 36.1 Å². The molecule has 0 aliphatic carbocycles. The number of ether oxygens (including phenoxy) is 3. The minimum Gasteiger partial charge on any atom is -0.378 e. The number of hydrogen-bond acceptors (Lipinski definition) is 6. The predicted molar refractivity (Wildman–Crippen MR) is 126 cm³/mol. The summed E-state index contributed by atoms with van der Waals surface area (Å²) < 4.78 is 16.6. The lowest BCUT2D eigenvalue weighted by molar-refractivity contribution is 0.0208. The smallest absolute Gasteiger partial charge is 0.0594 e. The fraction of sp³-hybridized carbons (Fsp3) is 1.00. The van der Waals surface area contributed by atoms with Crippen LogP contribution in [0.5, 0.6) is 0 Å². The highest BCUT2D eigenvalue weighted by Crippen LogP contribution is 2.09. The SMILES string of the molecule is CC1CNCCCCOC1C.CC1CNCCCOC1C.CC1CNCCOC1C. The van der Waals surface area contributed by atoms with Gasteiger partial charge in [-0.2, -0.15) is 0 Å². The second-order valence-electron chi connectivity index (χ2n) is 9.33. The van der Waals surface area contributed by atoms with E-state index in [1.807, 2.05) is 0 Å². The molecule has 6 unspecified atom stereocenters. The number of rotatable bonds is 0. The normalized spacial score (nSPS) is 36.6. The summed E-state index contributed by atoms with van der Waals surface area (Å²) in [6, 6.07) is 0. The van der Waals surface area contributed by atoms with E-state index in [-0.39, 0.29) is 0 Å². The van der Waals surface area contributed by atoms with E-state index in [0.717, 1.165) is 65.5 Å². The summed E-state index contributed by atoms with van der Waals surface area (Å²) in [5.41, 5.74) is 0. The van der Waals surface area contributed by atoms with Crippen molar-refractivity contribution >= 4 is 0 Å². The molecule has 0 bridgehead atoms. The standard InChI is InChI=1S/C9H19NO.C8H17NO.C7H15NO/c1-8-7-10-5-3-4-6-11-9(8)2;1-7-6-9-4-3-5-10-8(7)2;1-6-5-8-3-4-9-7(6)2/h8-10H,3-7H2,1-2H3;7-9H,3-6H2,1-2H3;6-8H,3-5H2,1-2H3. The van der Waals surface area contributed by atoms with E-state index >= 15 is 0 Å². The van der Waals surface area contributed by atoms with Crippen LogP contribution in [0.4, 0.5) is 0 Å². The summed E-state index contributed by atoms with van der Waals surface area (Å²) in [7, 11) is 0. The van der Waals surface area contributed by atoms with Gasteiger partial charge in [0.2, 0.25) is 0 Å². The molecule has 3 rings (SSSR count). The lowest BCUT2D eigenvalue weighted by Gasteiger charge is -2.23. The van der Waals surface area contributed by atoms with Gasteiger partial charge in [-0.25, -0.2) is 0 Å². The summed E-state index contributed by atoms with van der Waals surface area (Å²) in [4.78, 5) is 0. The summed E-state index contributed by atoms with van der Waals surface area (Å²) in [6.45, 7) is 22.4.